The average molecular weight is 595 g/mol. The van der Waals surface area contributed by atoms with E-state index in [-0.39, 0.29) is 18.6 Å². The maximum atomic E-state index is 13.4. The first-order valence-electron chi connectivity index (χ1n) is 13.0. The number of esters is 1. The van der Waals surface area contributed by atoms with Gasteiger partial charge in [-0.15, -0.1) is 11.3 Å². The lowest BCUT2D eigenvalue weighted by Gasteiger charge is -2.35. The predicted octanol–water partition coefficient (Wildman–Crippen LogP) is 8.51. The highest BCUT2D eigenvalue weighted by atomic mass is 32.2. The Morgan fingerprint density at radius 3 is 2.08 bits per heavy atom. The normalized spacial score (nSPS) is 19.5. The van der Waals surface area contributed by atoms with Crippen molar-refractivity contribution in [2.24, 2.45) is 0 Å². The third-order valence-corrected chi connectivity index (χ3v) is 12.6. The molecular weight excluding hydrogens is 562 g/mol. The van der Waals surface area contributed by atoms with Gasteiger partial charge in [0.15, 0.2) is 9.84 Å². The smallest absolute Gasteiger partial charge is 0.416 e. The highest BCUT2D eigenvalue weighted by Crippen LogP contribution is 2.46. The van der Waals surface area contributed by atoms with Gasteiger partial charge >= 0.3 is 12.1 Å². The second-order valence-corrected chi connectivity index (χ2v) is 20.2. The first-order valence-corrected chi connectivity index (χ1v) is 19.2. The highest BCUT2D eigenvalue weighted by molar-refractivity contribution is 7.92. The van der Waals surface area contributed by atoms with Crippen LogP contribution in [0.3, 0.4) is 0 Å². The summed E-state index contributed by atoms with van der Waals surface area (Å²) in [5, 5.41) is 0. The molecule has 1 atom stereocenters. The first-order chi connectivity index (χ1) is 18.2. The third-order valence-electron chi connectivity index (χ3n) is 6.95. The zero-order valence-corrected chi connectivity index (χ0v) is 24.9. The summed E-state index contributed by atoms with van der Waals surface area (Å²) in [4.78, 5) is 12.5. The molecule has 39 heavy (non-hydrogen) atoms. The molecule has 1 fully saturated rings. The number of ether oxygens (including phenoxy) is 1. The molecule has 0 radical (unpaired) electrons. The molecule has 4 rings (SSSR count). The quantitative estimate of drug-likeness (QED) is 0.194. The fourth-order valence-electron chi connectivity index (χ4n) is 4.79. The van der Waals surface area contributed by atoms with Crippen LogP contribution in [0.15, 0.2) is 60.7 Å². The van der Waals surface area contributed by atoms with Crippen LogP contribution in [0.5, 0.6) is 0 Å². The molecule has 0 unspecified atom stereocenters. The van der Waals surface area contributed by atoms with E-state index in [0.29, 0.717) is 29.7 Å². The molecule has 0 bridgehead atoms. The summed E-state index contributed by atoms with van der Waals surface area (Å²) in [6.07, 6.45) is -2.07. The molecule has 1 aliphatic heterocycles. The fraction of sp³-hybridized carbons (Fsp3) is 0.414. The van der Waals surface area contributed by atoms with Crippen molar-refractivity contribution < 1.29 is 31.1 Å². The minimum absolute atomic E-state index is 0.0236. The second-order valence-electron chi connectivity index (χ2n) is 11.2. The number of hydrogen-bond donors (Lipinski definition) is 0. The monoisotopic (exact) mass is 594 g/mol. The van der Waals surface area contributed by atoms with E-state index < -0.39 is 40.6 Å². The third kappa shape index (κ3) is 6.84. The minimum atomic E-state index is -4.38. The number of sulfone groups is 1. The number of benzene rings is 2. The molecule has 210 valence electrons. The Kier molecular flexibility index (Phi) is 8.49. The van der Waals surface area contributed by atoms with Crippen LogP contribution in [0.4, 0.5) is 13.2 Å². The van der Waals surface area contributed by atoms with Crippen LogP contribution in [-0.2, 0) is 30.5 Å². The molecule has 2 heterocycles. The zero-order chi connectivity index (χ0) is 28.5. The molecule has 1 saturated heterocycles. The van der Waals surface area contributed by atoms with E-state index in [1.54, 1.807) is 6.07 Å². The molecule has 10 heteroatoms. The molecule has 0 spiro atoms. The van der Waals surface area contributed by atoms with E-state index in [4.69, 9.17) is 4.74 Å². The number of alkyl halides is 3. The van der Waals surface area contributed by atoms with Gasteiger partial charge in [-0.1, -0.05) is 62.1 Å². The van der Waals surface area contributed by atoms with E-state index in [1.165, 1.54) is 23.5 Å². The lowest BCUT2D eigenvalue weighted by molar-refractivity contribution is -0.153. The van der Waals surface area contributed by atoms with E-state index in [1.807, 2.05) is 30.3 Å². The van der Waals surface area contributed by atoms with Gasteiger partial charge in [0.1, 0.15) is 0 Å². The Balaban J connectivity index is 1.56. The van der Waals surface area contributed by atoms with Gasteiger partial charge in [-0.3, -0.25) is 4.79 Å². The van der Waals surface area contributed by atoms with E-state index >= 15 is 0 Å². The summed E-state index contributed by atoms with van der Waals surface area (Å²) in [6, 6.07) is 16.9. The van der Waals surface area contributed by atoms with Gasteiger partial charge in [-0.25, -0.2) is 8.42 Å². The van der Waals surface area contributed by atoms with Crippen LogP contribution >= 0.6 is 11.3 Å². The number of halogens is 3. The minimum Gasteiger partial charge on any atom is -0.437 e. The molecule has 3 aromatic rings. The van der Waals surface area contributed by atoms with Crippen molar-refractivity contribution in [2.45, 2.75) is 68.9 Å². The molecule has 4 nitrogen and oxygen atoms in total. The van der Waals surface area contributed by atoms with E-state index in [2.05, 4.69) is 19.6 Å². The van der Waals surface area contributed by atoms with Crippen LogP contribution in [0, 0.1) is 0 Å². The summed E-state index contributed by atoms with van der Waals surface area (Å²) < 4.78 is 71.3. The fourth-order valence-corrected chi connectivity index (χ4v) is 9.56. The van der Waals surface area contributed by atoms with Crippen LogP contribution in [0.25, 0.3) is 21.6 Å². The van der Waals surface area contributed by atoms with Gasteiger partial charge in [-0.2, -0.15) is 13.2 Å². The van der Waals surface area contributed by atoms with Crippen molar-refractivity contribution in [3.63, 3.8) is 0 Å². The van der Waals surface area contributed by atoms with Crippen molar-refractivity contribution in [3.8, 4) is 21.6 Å². The molecular formula is C29H33F3O4S2Si. The van der Waals surface area contributed by atoms with Gasteiger partial charge in [0.25, 0.3) is 0 Å². The van der Waals surface area contributed by atoms with Gasteiger partial charge < -0.3 is 4.74 Å². The van der Waals surface area contributed by atoms with Crippen LogP contribution in [0.2, 0.25) is 25.7 Å². The van der Waals surface area contributed by atoms with Gasteiger partial charge in [0.05, 0.1) is 16.2 Å². The summed E-state index contributed by atoms with van der Waals surface area (Å²) in [7, 11) is -5.04. The average Bonchev–Trinajstić information content (AvgIpc) is 3.35. The van der Waals surface area contributed by atoms with Crippen molar-refractivity contribution in [1.82, 2.24) is 0 Å². The van der Waals surface area contributed by atoms with Crippen LogP contribution < -0.4 is 0 Å². The highest BCUT2D eigenvalue weighted by Gasteiger charge is 2.51. The SMILES string of the molecule is C[Si](C)(C)CCCC(=O)O[C@@]1(c2ccc(-c3ccc(-c4ccc(C(F)(F)F)cc4)cc3)s2)CCCCS1(=O)=O. The summed E-state index contributed by atoms with van der Waals surface area (Å²) in [6.45, 7) is 6.69. The maximum Gasteiger partial charge on any atom is 0.416 e. The Hall–Kier alpha value is -2.43. The Morgan fingerprint density at radius 2 is 1.51 bits per heavy atom. The standard InChI is InChI=1S/C29H33F3O4S2Si/c1-39(2,3)20-6-7-27(33)36-28(18-4-5-19-38(28,34)35)26-17-16-25(37-26)23-10-8-21(9-11-23)22-12-14-24(15-13-22)29(30,31)32/h8-17H,4-7,18-20H2,1-3H3/t28-/m0/s1. The molecule has 0 N–H and O–H groups in total. The molecule has 0 aliphatic carbocycles. The number of hydrogen-bond acceptors (Lipinski definition) is 5. The Labute approximate surface area is 233 Å². The van der Waals surface area contributed by atoms with E-state index in [9.17, 15) is 26.4 Å². The molecule has 1 aromatic heterocycles. The summed E-state index contributed by atoms with van der Waals surface area (Å²) in [5.41, 5.74) is 1.57. The summed E-state index contributed by atoms with van der Waals surface area (Å²) >= 11 is 1.30. The molecule has 1 aliphatic rings. The second kappa shape index (κ2) is 11.2. The lowest BCUT2D eigenvalue weighted by atomic mass is 10.0. The van der Waals surface area contributed by atoms with Crippen molar-refractivity contribution >= 4 is 35.2 Å². The van der Waals surface area contributed by atoms with E-state index in [0.717, 1.165) is 34.2 Å². The van der Waals surface area contributed by atoms with Crippen LogP contribution in [0.1, 0.15) is 42.5 Å². The molecule has 0 amide bonds. The summed E-state index contributed by atoms with van der Waals surface area (Å²) in [5.74, 6) is -0.501. The largest absolute Gasteiger partial charge is 0.437 e. The van der Waals surface area contributed by atoms with Crippen molar-refractivity contribution in [3.05, 3.63) is 71.1 Å². The Morgan fingerprint density at radius 1 is 0.923 bits per heavy atom. The predicted molar refractivity (Wildman–Crippen MR) is 153 cm³/mol. The first kappa shape index (κ1) is 29.5. The Bertz CT molecular complexity index is 1410. The van der Waals surface area contributed by atoms with Crippen molar-refractivity contribution in [2.75, 3.05) is 5.75 Å². The zero-order valence-electron chi connectivity index (χ0n) is 22.3. The molecule has 2 aromatic carbocycles. The topological polar surface area (TPSA) is 60.4 Å². The molecule has 0 saturated carbocycles. The number of carbonyl (C=O) groups is 1. The van der Waals surface area contributed by atoms with Crippen LogP contribution in [-0.4, -0.2) is 28.2 Å². The number of rotatable bonds is 8. The van der Waals surface area contributed by atoms with Gasteiger partial charge in [-0.05, 0) is 60.2 Å². The lowest BCUT2D eigenvalue weighted by Crippen LogP contribution is -2.44. The van der Waals surface area contributed by atoms with Gasteiger partial charge in [0, 0.05) is 25.8 Å². The number of thiophene rings is 1. The van der Waals surface area contributed by atoms with Crippen molar-refractivity contribution in [1.29, 1.82) is 0 Å². The van der Waals surface area contributed by atoms with Gasteiger partial charge in [0.2, 0.25) is 4.93 Å². The maximum absolute atomic E-state index is 13.4. The number of carbonyl (C=O) groups excluding carboxylic acids is 1.